The van der Waals surface area contributed by atoms with Crippen LogP contribution in [-0.4, -0.2) is 35.9 Å². The average Bonchev–Trinajstić information content (AvgIpc) is 3.37. The summed E-state index contributed by atoms with van der Waals surface area (Å²) in [7, 11) is 0. The lowest BCUT2D eigenvalue weighted by atomic mass is 10.3. The first-order valence-corrected chi connectivity index (χ1v) is 12.0. The zero-order valence-corrected chi connectivity index (χ0v) is 19.7. The maximum Gasteiger partial charge on any atom is 0.187 e. The van der Waals surface area contributed by atoms with Crippen LogP contribution in [0.15, 0.2) is 34.7 Å². The van der Waals surface area contributed by atoms with Crippen molar-refractivity contribution in [3.05, 3.63) is 41.4 Å². The summed E-state index contributed by atoms with van der Waals surface area (Å²) in [5.74, 6) is 0.686. The highest BCUT2D eigenvalue weighted by molar-refractivity contribution is 7.98. The van der Waals surface area contributed by atoms with E-state index in [9.17, 15) is 3.89 Å². The fourth-order valence-electron chi connectivity index (χ4n) is 2.40. The zero-order chi connectivity index (χ0) is 21.2. The molecule has 3 heterocycles. The first kappa shape index (κ1) is 23.4. The maximum absolute atomic E-state index is 12.7. The molecule has 29 heavy (non-hydrogen) atoms. The van der Waals surface area contributed by atoms with Gasteiger partial charge in [-0.15, -0.1) is 15.6 Å². The predicted octanol–water partition coefficient (Wildman–Crippen LogP) is 5.08. The number of aromatic nitrogens is 5. The summed E-state index contributed by atoms with van der Waals surface area (Å²) in [6, 6.07) is 1.98. The number of rotatable bonds is 8. The van der Waals surface area contributed by atoms with E-state index in [1.54, 1.807) is 24.2 Å². The number of nitrogens with one attached hydrogen (secondary N) is 1. The lowest BCUT2D eigenvalue weighted by molar-refractivity contribution is 0.697. The molecule has 0 spiro atoms. The molecule has 0 aliphatic heterocycles. The highest BCUT2D eigenvalue weighted by Gasteiger charge is 2.11. The van der Waals surface area contributed by atoms with E-state index in [0.717, 1.165) is 33.2 Å². The number of hydrogen-bond donors (Lipinski definition) is 1. The van der Waals surface area contributed by atoms with Crippen molar-refractivity contribution in [3.8, 4) is 0 Å². The number of nitrogens with zero attached hydrogens (tertiary/aromatic N) is 6. The van der Waals surface area contributed by atoms with Gasteiger partial charge in [0.1, 0.15) is 10.0 Å². The molecule has 0 saturated heterocycles. The minimum Gasteiger partial charge on any atom is -0.328 e. The number of hydrogen-bond acceptors (Lipinski definition) is 8. The van der Waals surface area contributed by atoms with Gasteiger partial charge < -0.3 is 9.88 Å². The molecular formula is C18H26FN7S3. The Labute approximate surface area is 183 Å². The highest BCUT2D eigenvalue weighted by atomic mass is 32.2. The van der Waals surface area contributed by atoms with Gasteiger partial charge >= 0.3 is 0 Å². The zero-order valence-electron chi connectivity index (χ0n) is 17.2. The van der Waals surface area contributed by atoms with Gasteiger partial charge in [-0.3, -0.25) is 4.99 Å². The monoisotopic (exact) mass is 455 g/mol. The van der Waals surface area contributed by atoms with Gasteiger partial charge in [-0.1, -0.05) is 20.8 Å². The van der Waals surface area contributed by atoms with E-state index in [-0.39, 0.29) is 12.3 Å². The summed E-state index contributed by atoms with van der Waals surface area (Å²) in [5.41, 5.74) is 2.59. The molecule has 158 valence electrons. The van der Waals surface area contributed by atoms with E-state index < -0.39 is 0 Å². The second-order valence-corrected chi connectivity index (χ2v) is 7.89. The van der Waals surface area contributed by atoms with Gasteiger partial charge in [0.05, 0.1) is 18.4 Å². The van der Waals surface area contributed by atoms with Gasteiger partial charge in [-0.05, 0) is 37.2 Å². The number of halogens is 1. The molecule has 0 aliphatic rings. The molecule has 7 nitrogen and oxygen atoms in total. The molecule has 0 bridgehead atoms. The SMILES string of the molecule is CC.CCCN=c1c(Nc2cc(C)ns2)nc(SC)cn1Cc1cnn(SF)c1. The van der Waals surface area contributed by atoms with Crippen molar-refractivity contribution in [1.82, 2.24) is 23.1 Å². The molecule has 0 radical (unpaired) electrons. The summed E-state index contributed by atoms with van der Waals surface area (Å²) in [5, 5.41) is 9.11. The maximum atomic E-state index is 12.7. The van der Waals surface area contributed by atoms with E-state index in [1.807, 2.05) is 43.9 Å². The van der Waals surface area contributed by atoms with E-state index in [1.165, 1.54) is 15.6 Å². The second-order valence-electron chi connectivity index (χ2n) is 5.74. The van der Waals surface area contributed by atoms with Gasteiger partial charge in [0.25, 0.3) is 0 Å². The predicted molar refractivity (Wildman–Crippen MR) is 122 cm³/mol. The van der Waals surface area contributed by atoms with Gasteiger partial charge in [0.2, 0.25) is 0 Å². The molecular weight excluding hydrogens is 429 g/mol. The Kier molecular flexibility index (Phi) is 9.68. The minimum atomic E-state index is 0.0717. The fourth-order valence-corrected chi connectivity index (χ4v) is 3.73. The molecule has 3 rings (SSSR count). The van der Waals surface area contributed by atoms with Crippen LogP contribution in [0.3, 0.4) is 0 Å². The van der Waals surface area contributed by atoms with Gasteiger partial charge in [0.15, 0.2) is 23.6 Å². The van der Waals surface area contributed by atoms with Crippen LogP contribution in [0.25, 0.3) is 0 Å². The third-order valence-electron chi connectivity index (χ3n) is 3.57. The van der Waals surface area contributed by atoms with Crippen molar-refractivity contribution in [2.24, 2.45) is 4.99 Å². The molecule has 0 aliphatic carbocycles. The Morgan fingerprint density at radius 1 is 1.31 bits per heavy atom. The Bertz CT molecular complexity index is 965. The van der Waals surface area contributed by atoms with E-state index in [2.05, 4.69) is 21.7 Å². The second kappa shape index (κ2) is 12.0. The largest absolute Gasteiger partial charge is 0.328 e. The Morgan fingerprint density at radius 2 is 2.10 bits per heavy atom. The van der Waals surface area contributed by atoms with Crippen molar-refractivity contribution in [3.63, 3.8) is 0 Å². The summed E-state index contributed by atoms with van der Waals surface area (Å²) in [6.45, 7) is 9.25. The molecule has 0 aromatic carbocycles. The fraction of sp³-hybridized carbons (Fsp3) is 0.444. The normalized spacial score (nSPS) is 11.3. The molecule has 3 aromatic heterocycles. The molecule has 0 amide bonds. The van der Waals surface area contributed by atoms with Crippen molar-refractivity contribution < 1.29 is 3.89 Å². The quantitative estimate of drug-likeness (QED) is 0.478. The topological polar surface area (TPSA) is 72.9 Å². The first-order valence-electron chi connectivity index (χ1n) is 9.32. The van der Waals surface area contributed by atoms with Crippen molar-refractivity contribution >= 4 is 46.4 Å². The molecule has 0 atom stereocenters. The molecule has 0 fully saturated rings. The van der Waals surface area contributed by atoms with E-state index in [0.29, 0.717) is 18.9 Å². The Balaban J connectivity index is 0.00000145. The third kappa shape index (κ3) is 6.58. The first-order chi connectivity index (χ1) is 14.1. The Morgan fingerprint density at radius 3 is 2.69 bits per heavy atom. The van der Waals surface area contributed by atoms with Crippen molar-refractivity contribution in [1.29, 1.82) is 0 Å². The van der Waals surface area contributed by atoms with Crippen molar-refractivity contribution in [2.75, 3.05) is 18.1 Å². The van der Waals surface area contributed by atoms with Gasteiger partial charge in [-0.25, -0.2) is 4.98 Å². The number of anilines is 2. The van der Waals surface area contributed by atoms with E-state index >= 15 is 0 Å². The van der Waals surface area contributed by atoms with Crippen LogP contribution in [0, 0.1) is 6.92 Å². The Hall–Kier alpha value is -1.85. The van der Waals surface area contributed by atoms with Gasteiger partial charge in [-0.2, -0.15) is 13.6 Å². The summed E-state index contributed by atoms with van der Waals surface area (Å²) >= 11 is 3.02. The average molecular weight is 456 g/mol. The van der Waals surface area contributed by atoms with Crippen LogP contribution in [-0.2, 0) is 6.54 Å². The lowest BCUT2D eigenvalue weighted by Gasteiger charge is -2.13. The number of aryl methyl sites for hydroxylation is 1. The smallest absolute Gasteiger partial charge is 0.187 e. The summed E-state index contributed by atoms with van der Waals surface area (Å²) < 4.78 is 20.2. The van der Waals surface area contributed by atoms with Crippen molar-refractivity contribution in [2.45, 2.75) is 45.7 Å². The summed E-state index contributed by atoms with van der Waals surface area (Å²) in [6.07, 6.45) is 8.19. The molecule has 3 aromatic rings. The molecule has 1 N–H and O–H groups in total. The molecule has 0 saturated carbocycles. The molecule has 11 heteroatoms. The standard InChI is InChI=1S/C16H20FN7S3.C2H6/c1-4-5-18-16-15(20-13-6-11(2)22-26-13)21-14(25-3)10-23(16)8-12-7-19-24(9-12)27-17;1-2/h6-7,9-10H,4-5,8H2,1-3H3,(H,20,21);1-2H3. The number of thioether (sulfide) groups is 1. The third-order valence-corrected chi connectivity index (χ3v) is 5.33. The van der Waals surface area contributed by atoms with Crippen LogP contribution >= 0.6 is 35.6 Å². The van der Waals surface area contributed by atoms with Crippen LogP contribution in [0.2, 0.25) is 0 Å². The van der Waals surface area contributed by atoms with E-state index in [4.69, 9.17) is 9.98 Å². The van der Waals surface area contributed by atoms with Crippen LogP contribution in [0.5, 0.6) is 0 Å². The van der Waals surface area contributed by atoms with Gasteiger partial charge in [0, 0.05) is 24.5 Å². The molecule has 0 unspecified atom stereocenters. The minimum absolute atomic E-state index is 0.0717. The summed E-state index contributed by atoms with van der Waals surface area (Å²) in [4.78, 5) is 9.44. The van der Waals surface area contributed by atoms with Crippen LogP contribution in [0.4, 0.5) is 14.7 Å². The lowest BCUT2D eigenvalue weighted by Crippen LogP contribution is -2.26. The van der Waals surface area contributed by atoms with Crippen LogP contribution < -0.4 is 10.8 Å². The highest BCUT2D eigenvalue weighted by Crippen LogP contribution is 2.20. The van der Waals surface area contributed by atoms with Crippen LogP contribution in [0.1, 0.15) is 38.4 Å².